The van der Waals surface area contributed by atoms with Crippen molar-refractivity contribution in [1.82, 2.24) is 4.98 Å². The van der Waals surface area contributed by atoms with Crippen molar-refractivity contribution in [1.29, 1.82) is 0 Å². The molecule has 1 heterocycles. The molecule has 0 saturated heterocycles. The molecule has 0 aliphatic rings. The van der Waals surface area contributed by atoms with Gasteiger partial charge in [-0.25, -0.2) is 0 Å². The molecule has 2 aromatic carbocycles. The van der Waals surface area contributed by atoms with E-state index >= 15 is 0 Å². The van der Waals surface area contributed by atoms with E-state index in [0.717, 1.165) is 5.56 Å². The molecule has 2 amide bonds. The van der Waals surface area contributed by atoms with Gasteiger partial charge in [-0.3, -0.25) is 14.6 Å². The number of anilines is 2. The molecule has 6 nitrogen and oxygen atoms in total. The Hall–Kier alpha value is -3.38. The summed E-state index contributed by atoms with van der Waals surface area (Å²) >= 11 is 5.99. The van der Waals surface area contributed by atoms with Crippen LogP contribution in [0, 0.1) is 6.92 Å². The molecule has 0 spiro atoms. The Bertz CT molecular complexity index is 1020. The zero-order chi connectivity index (χ0) is 20.1. The molecule has 3 aromatic rings. The van der Waals surface area contributed by atoms with Crippen LogP contribution in [0.2, 0.25) is 5.02 Å². The van der Waals surface area contributed by atoms with Crippen LogP contribution in [0.3, 0.4) is 0 Å². The van der Waals surface area contributed by atoms with Crippen molar-refractivity contribution >= 4 is 34.8 Å². The van der Waals surface area contributed by atoms with Crippen LogP contribution in [0.1, 0.15) is 26.4 Å². The molecule has 1 aromatic heterocycles. The average molecular weight is 396 g/mol. The normalized spacial score (nSPS) is 10.2. The molecule has 2 N–H and O–H groups in total. The standard InChI is InChI=1S/C21H18ClN3O3/c1-13-3-6-16(7-4-13)24-21(27)18-11-14(9-10-23-18)20(26)25-17-12-15(22)5-8-19(17)28-2/h3-12H,1-2H3,(H,24,27)(H,25,26). The number of hydrogen-bond acceptors (Lipinski definition) is 4. The number of hydrogen-bond donors (Lipinski definition) is 2. The van der Waals surface area contributed by atoms with Gasteiger partial charge < -0.3 is 15.4 Å². The maximum Gasteiger partial charge on any atom is 0.274 e. The first-order valence-corrected chi connectivity index (χ1v) is 8.83. The van der Waals surface area contributed by atoms with Crippen molar-refractivity contribution in [2.75, 3.05) is 17.7 Å². The van der Waals surface area contributed by atoms with Crippen molar-refractivity contribution in [3.63, 3.8) is 0 Å². The lowest BCUT2D eigenvalue weighted by Gasteiger charge is -2.11. The first-order chi connectivity index (χ1) is 13.5. The number of aryl methyl sites for hydroxylation is 1. The largest absolute Gasteiger partial charge is 0.495 e. The Morgan fingerprint density at radius 2 is 1.71 bits per heavy atom. The van der Waals surface area contributed by atoms with Crippen LogP contribution in [0.25, 0.3) is 0 Å². The minimum absolute atomic E-state index is 0.131. The molecule has 0 bridgehead atoms. The van der Waals surface area contributed by atoms with Crippen molar-refractivity contribution in [3.05, 3.63) is 82.6 Å². The van der Waals surface area contributed by atoms with Gasteiger partial charge in [0.2, 0.25) is 0 Å². The Labute approximate surface area is 167 Å². The lowest BCUT2D eigenvalue weighted by atomic mass is 10.2. The van der Waals surface area contributed by atoms with E-state index in [-0.39, 0.29) is 11.3 Å². The maximum atomic E-state index is 12.6. The summed E-state index contributed by atoms with van der Waals surface area (Å²) in [5.41, 5.74) is 2.59. The maximum absolute atomic E-state index is 12.6. The van der Waals surface area contributed by atoms with Crippen molar-refractivity contribution < 1.29 is 14.3 Å². The number of carbonyl (C=O) groups excluding carboxylic acids is 2. The molecule has 0 saturated carbocycles. The second-order valence-corrected chi connectivity index (χ2v) is 6.49. The second-order valence-electron chi connectivity index (χ2n) is 6.05. The van der Waals surface area contributed by atoms with Crippen LogP contribution in [0.5, 0.6) is 5.75 Å². The highest BCUT2D eigenvalue weighted by molar-refractivity contribution is 6.31. The van der Waals surface area contributed by atoms with E-state index < -0.39 is 11.8 Å². The lowest BCUT2D eigenvalue weighted by molar-refractivity contribution is 0.102. The fourth-order valence-electron chi connectivity index (χ4n) is 2.50. The molecule has 0 aliphatic carbocycles. The van der Waals surface area contributed by atoms with Gasteiger partial charge in [-0.2, -0.15) is 0 Å². The summed E-state index contributed by atoms with van der Waals surface area (Å²) in [7, 11) is 1.50. The average Bonchev–Trinajstić information content (AvgIpc) is 2.70. The number of nitrogens with one attached hydrogen (secondary N) is 2. The minimum Gasteiger partial charge on any atom is -0.495 e. The summed E-state index contributed by atoms with van der Waals surface area (Å²) in [4.78, 5) is 29.1. The van der Waals surface area contributed by atoms with E-state index in [1.165, 1.54) is 25.4 Å². The van der Waals surface area contributed by atoms with Crippen molar-refractivity contribution in [2.45, 2.75) is 6.92 Å². The molecular formula is C21H18ClN3O3. The van der Waals surface area contributed by atoms with E-state index in [1.807, 2.05) is 19.1 Å². The highest BCUT2D eigenvalue weighted by Crippen LogP contribution is 2.28. The van der Waals surface area contributed by atoms with E-state index in [4.69, 9.17) is 16.3 Å². The van der Waals surface area contributed by atoms with E-state index in [2.05, 4.69) is 15.6 Å². The molecule has 0 radical (unpaired) electrons. The van der Waals surface area contributed by atoms with Gasteiger partial charge in [0.15, 0.2) is 0 Å². The number of aromatic nitrogens is 1. The van der Waals surface area contributed by atoms with E-state index in [0.29, 0.717) is 22.1 Å². The number of pyridine rings is 1. The molecule has 28 heavy (non-hydrogen) atoms. The number of methoxy groups -OCH3 is 1. The van der Waals surface area contributed by atoms with Gasteiger partial charge in [-0.05, 0) is 49.4 Å². The van der Waals surface area contributed by atoms with Gasteiger partial charge in [-0.15, -0.1) is 0 Å². The van der Waals surface area contributed by atoms with Crippen molar-refractivity contribution in [3.8, 4) is 5.75 Å². The molecule has 0 unspecified atom stereocenters. The van der Waals surface area contributed by atoms with E-state index in [9.17, 15) is 9.59 Å². The minimum atomic E-state index is -0.410. The molecular weight excluding hydrogens is 378 g/mol. The SMILES string of the molecule is COc1ccc(Cl)cc1NC(=O)c1ccnc(C(=O)Nc2ccc(C)cc2)c1. The van der Waals surface area contributed by atoms with E-state index in [1.54, 1.807) is 30.3 Å². The Balaban J connectivity index is 1.77. The number of nitrogens with zero attached hydrogens (tertiary/aromatic N) is 1. The summed E-state index contributed by atoms with van der Waals surface area (Å²) in [5.74, 6) is -0.338. The number of carbonyl (C=O) groups is 2. The van der Waals surface area contributed by atoms with Crippen LogP contribution in [0.4, 0.5) is 11.4 Å². The quantitative estimate of drug-likeness (QED) is 0.663. The monoisotopic (exact) mass is 395 g/mol. The Morgan fingerprint density at radius 3 is 2.43 bits per heavy atom. The number of rotatable bonds is 5. The fraction of sp³-hybridized carbons (Fsp3) is 0.0952. The van der Waals surface area contributed by atoms with Crippen LogP contribution in [0.15, 0.2) is 60.8 Å². The Morgan fingerprint density at radius 1 is 0.964 bits per heavy atom. The third kappa shape index (κ3) is 4.66. The van der Waals surface area contributed by atoms with Crippen molar-refractivity contribution in [2.24, 2.45) is 0 Å². The van der Waals surface area contributed by atoms with Crippen LogP contribution < -0.4 is 15.4 Å². The predicted molar refractivity (Wildman–Crippen MR) is 109 cm³/mol. The third-order valence-corrected chi connectivity index (χ3v) is 4.21. The summed E-state index contributed by atoms with van der Waals surface area (Å²) in [5, 5.41) is 5.95. The number of ether oxygens (including phenoxy) is 1. The number of benzene rings is 2. The Kier molecular flexibility index (Phi) is 5.91. The third-order valence-electron chi connectivity index (χ3n) is 3.97. The molecule has 0 atom stereocenters. The summed E-state index contributed by atoms with van der Waals surface area (Å²) in [6.07, 6.45) is 1.41. The second kappa shape index (κ2) is 8.54. The van der Waals surface area contributed by atoms with Gasteiger partial charge in [0.25, 0.3) is 11.8 Å². The van der Waals surface area contributed by atoms with Crippen LogP contribution in [-0.2, 0) is 0 Å². The highest BCUT2D eigenvalue weighted by Gasteiger charge is 2.14. The summed E-state index contributed by atoms with van der Waals surface area (Å²) in [6.45, 7) is 1.96. The smallest absolute Gasteiger partial charge is 0.274 e. The highest BCUT2D eigenvalue weighted by atomic mass is 35.5. The van der Waals surface area contributed by atoms with Crippen LogP contribution >= 0.6 is 11.6 Å². The van der Waals surface area contributed by atoms with Gasteiger partial charge >= 0.3 is 0 Å². The molecule has 0 aliphatic heterocycles. The first-order valence-electron chi connectivity index (χ1n) is 8.45. The zero-order valence-electron chi connectivity index (χ0n) is 15.3. The molecule has 142 valence electrons. The number of amides is 2. The first kappa shape index (κ1) is 19.4. The van der Waals surface area contributed by atoms with Gasteiger partial charge in [0.1, 0.15) is 11.4 Å². The predicted octanol–water partition coefficient (Wildman–Crippen LogP) is 4.56. The summed E-state index contributed by atoms with van der Waals surface area (Å²) < 4.78 is 5.22. The van der Waals surface area contributed by atoms with Gasteiger partial charge in [0, 0.05) is 22.5 Å². The lowest BCUT2D eigenvalue weighted by Crippen LogP contribution is -2.17. The number of halogens is 1. The molecule has 0 fully saturated rings. The summed E-state index contributed by atoms with van der Waals surface area (Å²) in [6, 6.07) is 15.2. The topological polar surface area (TPSA) is 80.3 Å². The van der Waals surface area contributed by atoms with Gasteiger partial charge in [-0.1, -0.05) is 29.3 Å². The van der Waals surface area contributed by atoms with Gasteiger partial charge in [0.05, 0.1) is 12.8 Å². The molecule has 3 rings (SSSR count). The zero-order valence-corrected chi connectivity index (χ0v) is 16.1. The fourth-order valence-corrected chi connectivity index (χ4v) is 2.67. The van der Waals surface area contributed by atoms with Crippen LogP contribution in [-0.4, -0.2) is 23.9 Å². The molecule has 7 heteroatoms.